The van der Waals surface area contributed by atoms with Gasteiger partial charge < -0.3 is 4.74 Å². The van der Waals surface area contributed by atoms with Crippen LogP contribution >= 0.6 is 11.6 Å². The Hall–Kier alpha value is -3.97. The number of esters is 1. The number of ketones is 1. The third kappa shape index (κ3) is 7.28. The van der Waals surface area contributed by atoms with Gasteiger partial charge in [0.25, 0.3) is 5.91 Å². The monoisotopic (exact) mass is 478 g/mol. The average Bonchev–Trinajstić information content (AvgIpc) is 2.86. The molecule has 3 aromatic carbocycles. The van der Waals surface area contributed by atoms with Gasteiger partial charge in [0, 0.05) is 18.4 Å². The Morgan fingerprint density at radius 1 is 0.735 bits per heavy atom. The molecule has 174 valence electrons. The maximum atomic E-state index is 12.3. The number of nitrogens with one attached hydrogen (secondary N) is 2. The Morgan fingerprint density at radius 2 is 1.38 bits per heavy atom. The summed E-state index contributed by atoms with van der Waals surface area (Å²) in [6.07, 6.45) is 0.158. The van der Waals surface area contributed by atoms with Crippen LogP contribution in [0.1, 0.15) is 40.0 Å². The van der Waals surface area contributed by atoms with Crippen LogP contribution in [0.2, 0.25) is 5.02 Å². The van der Waals surface area contributed by atoms with E-state index in [1.807, 2.05) is 42.5 Å². The first-order valence-corrected chi connectivity index (χ1v) is 11.0. The predicted octanol–water partition coefficient (Wildman–Crippen LogP) is 4.36. The molecule has 0 bridgehead atoms. The molecule has 0 saturated heterocycles. The Balaban J connectivity index is 1.34. The van der Waals surface area contributed by atoms with Crippen molar-refractivity contribution < 1.29 is 23.9 Å². The van der Waals surface area contributed by atoms with E-state index in [1.54, 1.807) is 30.3 Å². The molecule has 0 spiro atoms. The summed E-state index contributed by atoms with van der Waals surface area (Å²) in [6, 6.07) is 23.3. The number of ether oxygens (including phenoxy) is 1. The van der Waals surface area contributed by atoms with Crippen molar-refractivity contribution >= 4 is 35.2 Å². The zero-order valence-corrected chi connectivity index (χ0v) is 19.0. The summed E-state index contributed by atoms with van der Waals surface area (Å²) in [5.74, 6) is -1.91. The summed E-state index contributed by atoms with van der Waals surface area (Å²) in [6.45, 7) is -0.371. The minimum Gasteiger partial charge on any atom is -0.457 e. The quantitative estimate of drug-likeness (QED) is 0.270. The van der Waals surface area contributed by atoms with Gasteiger partial charge in [0.2, 0.25) is 5.91 Å². The number of Topliss-reactive ketones (excluding diaryl/α,β-unsaturated/α-hetero) is 1. The first-order valence-electron chi connectivity index (χ1n) is 10.6. The molecule has 0 fully saturated rings. The van der Waals surface area contributed by atoms with E-state index >= 15 is 0 Å². The molecule has 7 nitrogen and oxygen atoms in total. The van der Waals surface area contributed by atoms with Crippen molar-refractivity contribution in [2.75, 3.05) is 6.61 Å². The molecule has 0 atom stereocenters. The van der Waals surface area contributed by atoms with Gasteiger partial charge in [0.05, 0.1) is 10.6 Å². The fourth-order valence-electron chi connectivity index (χ4n) is 3.08. The van der Waals surface area contributed by atoms with Crippen molar-refractivity contribution in [1.82, 2.24) is 10.9 Å². The summed E-state index contributed by atoms with van der Waals surface area (Å²) in [7, 11) is 0. The smallest absolute Gasteiger partial charge is 0.306 e. The highest BCUT2D eigenvalue weighted by atomic mass is 35.5. The molecule has 0 aliphatic rings. The van der Waals surface area contributed by atoms with Crippen molar-refractivity contribution in [1.29, 1.82) is 0 Å². The van der Waals surface area contributed by atoms with Gasteiger partial charge in [-0.3, -0.25) is 30.0 Å². The van der Waals surface area contributed by atoms with Crippen LogP contribution < -0.4 is 10.9 Å². The molecule has 8 heteroatoms. The van der Waals surface area contributed by atoms with Crippen molar-refractivity contribution in [2.45, 2.75) is 19.3 Å². The highest BCUT2D eigenvalue weighted by molar-refractivity contribution is 6.33. The second-order valence-electron chi connectivity index (χ2n) is 7.36. The summed E-state index contributed by atoms with van der Waals surface area (Å²) >= 11 is 5.93. The number of halogens is 1. The van der Waals surface area contributed by atoms with E-state index < -0.39 is 17.8 Å². The second-order valence-corrected chi connectivity index (χ2v) is 7.77. The minimum atomic E-state index is -0.581. The lowest BCUT2D eigenvalue weighted by molar-refractivity contribution is -0.142. The molecule has 0 unspecified atom stereocenters. The fraction of sp³-hybridized carbons (Fsp3) is 0.154. The molecule has 3 rings (SSSR count). The van der Waals surface area contributed by atoms with Gasteiger partial charge in [0.1, 0.15) is 0 Å². The van der Waals surface area contributed by atoms with Crippen LogP contribution in [0, 0.1) is 0 Å². The third-order valence-corrected chi connectivity index (χ3v) is 5.23. The minimum absolute atomic E-state index is 0.00715. The predicted molar refractivity (Wildman–Crippen MR) is 128 cm³/mol. The van der Waals surface area contributed by atoms with Crippen molar-refractivity contribution in [2.24, 2.45) is 0 Å². The van der Waals surface area contributed by atoms with E-state index in [-0.39, 0.29) is 42.2 Å². The van der Waals surface area contributed by atoms with E-state index in [1.165, 1.54) is 6.07 Å². The summed E-state index contributed by atoms with van der Waals surface area (Å²) in [5, 5.41) is 0.263. The zero-order valence-electron chi connectivity index (χ0n) is 18.3. The number of hydrogen-bond donors (Lipinski definition) is 2. The van der Waals surface area contributed by atoms with Crippen molar-refractivity contribution in [3.63, 3.8) is 0 Å². The van der Waals surface area contributed by atoms with Crippen LogP contribution in [0.4, 0.5) is 0 Å². The highest BCUT2D eigenvalue weighted by Crippen LogP contribution is 2.19. The number of benzene rings is 3. The van der Waals surface area contributed by atoms with Crippen molar-refractivity contribution in [3.8, 4) is 11.1 Å². The third-order valence-electron chi connectivity index (χ3n) is 4.90. The maximum absolute atomic E-state index is 12.3. The van der Waals surface area contributed by atoms with Crippen LogP contribution in [-0.4, -0.2) is 30.2 Å². The average molecular weight is 479 g/mol. The highest BCUT2D eigenvalue weighted by Gasteiger charge is 2.13. The molecule has 0 aromatic heterocycles. The molecular weight excluding hydrogens is 456 g/mol. The van der Waals surface area contributed by atoms with Crippen LogP contribution in [0.15, 0.2) is 78.9 Å². The largest absolute Gasteiger partial charge is 0.457 e. The fourth-order valence-corrected chi connectivity index (χ4v) is 3.30. The van der Waals surface area contributed by atoms with Crippen LogP contribution in [-0.2, 0) is 14.3 Å². The standard InChI is InChI=1S/C26H23ClN2O5/c27-22-10-5-4-9-21(22)26(33)29-28-24(31)11-6-12-25(32)34-17-23(30)20-15-13-19(14-16-20)18-7-2-1-3-8-18/h1-5,7-10,13-16H,6,11-12,17H2,(H,28,31)(H,29,33). The molecule has 0 heterocycles. The number of carbonyl (C=O) groups excluding carboxylic acids is 4. The molecular formula is C26H23ClN2O5. The van der Waals surface area contributed by atoms with E-state index in [4.69, 9.17) is 16.3 Å². The molecule has 0 saturated carbocycles. The summed E-state index contributed by atoms with van der Waals surface area (Å²) in [4.78, 5) is 48.0. The second kappa shape index (κ2) is 12.3. The number of rotatable bonds is 9. The van der Waals surface area contributed by atoms with E-state index in [0.29, 0.717) is 5.56 Å². The number of hydrogen-bond acceptors (Lipinski definition) is 5. The molecule has 2 N–H and O–H groups in total. The molecule has 0 aliphatic heterocycles. The van der Waals surface area contributed by atoms with Gasteiger partial charge in [-0.15, -0.1) is 0 Å². The van der Waals surface area contributed by atoms with Gasteiger partial charge in [-0.05, 0) is 29.7 Å². The normalized spacial score (nSPS) is 10.3. The van der Waals surface area contributed by atoms with Crippen LogP contribution in [0.25, 0.3) is 11.1 Å². The number of amides is 2. The lowest BCUT2D eigenvalue weighted by Crippen LogP contribution is -2.41. The van der Waals surface area contributed by atoms with E-state index in [0.717, 1.165) is 11.1 Å². The molecule has 3 aromatic rings. The van der Waals surface area contributed by atoms with Crippen LogP contribution in [0.5, 0.6) is 0 Å². The Labute approximate surface area is 202 Å². The molecule has 2 amide bonds. The van der Waals surface area contributed by atoms with Gasteiger partial charge >= 0.3 is 5.97 Å². The van der Waals surface area contributed by atoms with E-state index in [9.17, 15) is 19.2 Å². The van der Waals surface area contributed by atoms with E-state index in [2.05, 4.69) is 10.9 Å². The SMILES string of the molecule is O=C(CCCC(=O)OCC(=O)c1ccc(-c2ccccc2)cc1)NNC(=O)c1ccccc1Cl. The number of carbonyl (C=O) groups is 4. The summed E-state index contributed by atoms with van der Waals surface area (Å²) < 4.78 is 5.02. The van der Waals surface area contributed by atoms with Gasteiger partial charge in [-0.1, -0.05) is 78.3 Å². The summed E-state index contributed by atoms with van der Waals surface area (Å²) in [5.41, 5.74) is 7.23. The van der Waals surface area contributed by atoms with Gasteiger partial charge in [0.15, 0.2) is 12.4 Å². The van der Waals surface area contributed by atoms with Crippen molar-refractivity contribution in [3.05, 3.63) is 95.0 Å². The molecule has 0 radical (unpaired) electrons. The van der Waals surface area contributed by atoms with Gasteiger partial charge in [-0.25, -0.2) is 0 Å². The lowest BCUT2D eigenvalue weighted by atomic mass is 10.0. The van der Waals surface area contributed by atoms with Gasteiger partial charge in [-0.2, -0.15) is 0 Å². The lowest BCUT2D eigenvalue weighted by Gasteiger charge is -2.08. The first kappa shape index (κ1) is 24.7. The topological polar surface area (TPSA) is 102 Å². The Bertz CT molecular complexity index is 1160. The van der Waals surface area contributed by atoms with Crippen LogP contribution in [0.3, 0.4) is 0 Å². The maximum Gasteiger partial charge on any atom is 0.306 e. The molecule has 34 heavy (non-hydrogen) atoms. The zero-order chi connectivity index (χ0) is 24.3. The Kier molecular flexibility index (Phi) is 8.94. The Morgan fingerprint density at radius 3 is 2.09 bits per heavy atom. The first-order chi connectivity index (χ1) is 16.4. The number of hydrazine groups is 1. The molecule has 0 aliphatic carbocycles.